The van der Waals surface area contributed by atoms with Gasteiger partial charge < -0.3 is 14.9 Å². The summed E-state index contributed by atoms with van der Waals surface area (Å²) in [5, 5.41) is 14.7. The molecule has 34 heavy (non-hydrogen) atoms. The van der Waals surface area contributed by atoms with Crippen LogP contribution in [0.2, 0.25) is 0 Å². The van der Waals surface area contributed by atoms with Crippen molar-refractivity contribution >= 4 is 5.91 Å². The fourth-order valence-corrected chi connectivity index (χ4v) is 4.79. The van der Waals surface area contributed by atoms with Gasteiger partial charge in [-0.2, -0.15) is 5.10 Å². The molecule has 2 aliphatic rings. The molecule has 3 heterocycles. The number of carbonyl (C=O) groups is 1. The second-order valence-corrected chi connectivity index (χ2v) is 9.48. The Hall–Kier alpha value is -3.29. The fraction of sp³-hybridized carbons (Fsp3) is 0.370. The molecule has 0 saturated heterocycles. The summed E-state index contributed by atoms with van der Waals surface area (Å²) in [4.78, 5) is 21.6. The number of aliphatic hydroxyl groups is 1. The van der Waals surface area contributed by atoms with Crippen LogP contribution in [-0.4, -0.2) is 62.3 Å². The van der Waals surface area contributed by atoms with Crippen LogP contribution in [0.25, 0.3) is 22.4 Å². The molecule has 0 bridgehead atoms. The first kappa shape index (κ1) is 22.5. The van der Waals surface area contributed by atoms with Gasteiger partial charge in [0.05, 0.1) is 31.4 Å². The number of likely N-dealkylation sites (N-methyl/N-ethyl adjacent to an activating group) is 1. The number of hydrogen-bond donors (Lipinski definition) is 1. The van der Waals surface area contributed by atoms with Crippen molar-refractivity contribution in [2.24, 2.45) is 5.92 Å². The lowest BCUT2D eigenvalue weighted by molar-refractivity contribution is -0.130. The Kier molecular flexibility index (Phi) is 6.30. The van der Waals surface area contributed by atoms with Gasteiger partial charge >= 0.3 is 0 Å². The van der Waals surface area contributed by atoms with Gasteiger partial charge in [0.25, 0.3) is 0 Å². The fourth-order valence-electron chi connectivity index (χ4n) is 4.79. The Labute approximate surface area is 200 Å². The van der Waals surface area contributed by atoms with E-state index in [1.165, 1.54) is 0 Å². The van der Waals surface area contributed by atoms with Crippen LogP contribution >= 0.6 is 0 Å². The van der Waals surface area contributed by atoms with Crippen LogP contribution in [0.4, 0.5) is 0 Å². The van der Waals surface area contributed by atoms with Gasteiger partial charge in [0.15, 0.2) is 0 Å². The first-order chi connectivity index (χ1) is 16.5. The number of pyridine rings is 1. The number of fused-ring (bicyclic) bond motifs is 1. The Morgan fingerprint density at radius 3 is 2.68 bits per heavy atom. The molecule has 1 saturated carbocycles. The molecule has 2 aromatic heterocycles. The first-order valence-electron chi connectivity index (χ1n) is 11.9. The molecule has 1 atom stereocenters. The standard InChI is InChI=1S/C27H31N5O2/c1-30(2)14-4-7-25(34)31-16-24-26(21-10-12-28-13-11-21)27(22-6-3-5-19(15-22)18-33)29-32(24)17-23(31)20-8-9-20/h3-7,10-13,15,20,23,33H,8-9,14,16-18H2,1-2H3/b7-4+. The molecule has 7 nitrogen and oxygen atoms in total. The van der Waals surface area contributed by atoms with Crippen LogP contribution < -0.4 is 0 Å². The monoisotopic (exact) mass is 457 g/mol. The van der Waals surface area contributed by atoms with Gasteiger partial charge in [-0.15, -0.1) is 0 Å². The molecule has 1 N–H and O–H groups in total. The normalized spacial score (nSPS) is 18.0. The van der Waals surface area contributed by atoms with Crippen LogP contribution in [0.5, 0.6) is 0 Å². The summed E-state index contributed by atoms with van der Waals surface area (Å²) in [6.07, 6.45) is 9.56. The molecule has 1 aromatic carbocycles. The van der Waals surface area contributed by atoms with Crippen LogP contribution in [0.15, 0.2) is 60.9 Å². The Bertz CT molecular complexity index is 1200. The smallest absolute Gasteiger partial charge is 0.246 e. The lowest BCUT2D eigenvalue weighted by Gasteiger charge is -2.36. The highest BCUT2D eigenvalue weighted by atomic mass is 16.3. The maximum Gasteiger partial charge on any atom is 0.246 e. The minimum absolute atomic E-state index is 0.0166. The Morgan fingerprint density at radius 1 is 1.18 bits per heavy atom. The largest absolute Gasteiger partial charge is 0.392 e. The summed E-state index contributed by atoms with van der Waals surface area (Å²) in [6.45, 7) is 1.94. The van der Waals surface area contributed by atoms with E-state index < -0.39 is 0 Å². The SMILES string of the molecule is CN(C)C/C=C/C(=O)N1Cc2c(-c3ccncc3)c(-c3cccc(CO)c3)nn2CC1C1CC1. The van der Waals surface area contributed by atoms with Crippen molar-refractivity contribution in [2.75, 3.05) is 20.6 Å². The van der Waals surface area contributed by atoms with Gasteiger partial charge in [0.2, 0.25) is 5.91 Å². The predicted octanol–water partition coefficient (Wildman–Crippen LogP) is 3.34. The minimum Gasteiger partial charge on any atom is -0.392 e. The number of hydrogen-bond acceptors (Lipinski definition) is 5. The van der Waals surface area contributed by atoms with Crippen molar-refractivity contribution in [3.05, 3.63) is 72.2 Å². The number of carbonyl (C=O) groups excluding carboxylic acids is 1. The summed E-state index contributed by atoms with van der Waals surface area (Å²) >= 11 is 0. The molecule has 1 unspecified atom stereocenters. The molecule has 1 amide bonds. The van der Waals surface area contributed by atoms with Crippen LogP contribution in [0.1, 0.15) is 24.1 Å². The minimum atomic E-state index is -0.0166. The van der Waals surface area contributed by atoms with E-state index in [1.54, 1.807) is 18.5 Å². The van der Waals surface area contributed by atoms with Crippen LogP contribution in [0.3, 0.4) is 0 Å². The van der Waals surface area contributed by atoms with E-state index in [0.717, 1.165) is 53.0 Å². The summed E-state index contributed by atoms with van der Waals surface area (Å²) in [7, 11) is 3.99. The summed E-state index contributed by atoms with van der Waals surface area (Å²) in [6, 6.07) is 12.0. The van der Waals surface area contributed by atoms with Gasteiger partial charge in [0.1, 0.15) is 5.69 Å². The second kappa shape index (κ2) is 9.52. The van der Waals surface area contributed by atoms with Gasteiger partial charge in [-0.25, -0.2) is 0 Å². The molecule has 0 spiro atoms. The van der Waals surface area contributed by atoms with Crippen LogP contribution in [-0.2, 0) is 24.5 Å². The van der Waals surface area contributed by atoms with E-state index in [9.17, 15) is 9.90 Å². The van der Waals surface area contributed by atoms with Crippen molar-refractivity contribution in [3.63, 3.8) is 0 Å². The highest BCUT2D eigenvalue weighted by Crippen LogP contribution is 2.42. The molecule has 0 radical (unpaired) electrons. The molecule has 176 valence electrons. The Morgan fingerprint density at radius 2 is 1.97 bits per heavy atom. The average molecular weight is 458 g/mol. The van der Waals surface area contributed by atoms with E-state index in [1.807, 2.05) is 66.4 Å². The summed E-state index contributed by atoms with van der Waals surface area (Å²) in [5.74, 6) is 0.602. The third-order valence-corrected chi connectivity index (χ3v) is 6.67. The molecular weight excluding hydrogens is 426 g/mol. The molecule has 5 rings (SSSR count). The zero-order valence-corrected chi connectivity index (χ0v) is 19.8. The van der Waals surface area contributed by atoms with Crippen molar-refractivity contribution in [2.45, 2.75) is 38.6 Å². The summed E-state index contributed by atoms with van der Waals surface area (Å²) < 4.78 is 2.10. The molecular formula is C27H31N5O2. The molecule has 3 aromatic rings. The number of aliphatic hydroxyl groups excluding tert-OH is 1. The quantitative estimate of drug-likeness (QED) is 0.551. The molecule has 7 heteroatoms. The molecule has 1 aliphatic heterocycles. The van der Waals surface area contributed by atoms with Crippen molar-refractivity contribution in [1.29, 1.82) is 0 Å². The summed E-state index contributed by atoms with van der Waals surface area (Å²) in [5.41, 5.74) is 5.79. The lowest BCUT2D eigenvalue weighted by Crippen LogP contribution is -2.47. The highest BCUT2D eigenvalue weighted by Gasteiger charge is 2.41. The molecule has 1 fully saturated rings. The zero-order chi connectivity index (χ0) is 23.7. The third kappa shape index (κ3) is 4.54. The number of aromatic nitrogens is 3. The lowest BCUT2D eigenvalue weighted by atomic mass is 9.97. The zero-order valence-electron chi connectivity index (χ0n) is 19.8. The van der Waals surface area contributed by atoms with Gasteiger partial charge in [0, 0.05) is 36.1 Å². The van der Waals surface area contributed by atoms with E-state index >= 15 is 0 Å². The van der Waals surface area contributed by atoms with E-state index in [0.29, 0.717) is 19.0 Å². The predicted molar refractivity (Wildman–Crippen MR) is 132 cm³/mol. The number of nitrogens with zero attached hydrogens (tertiary/aromatic N) is 5. The third-order valence-electron chi connectivity index (χ3n) is 6.67. The van der Waals surface area contributed by atoms with Gasteiger partial charge in [-0.05, 0) is 62.2 Å². The molecule has 1 aliphatic carbocycles. The second-order valence-electron chi connectivity index (χ2n) is 9.48. The van der Waals surface area contributed by atoms with E-state index in [-0.39, 0.29) is 18.6 Å². The number of benzene rings is 1. The number of amides is 1. The average Bonchev–Trinajstić information content (AvgIpc) is 3.63. The van der Waals surface area contributed by atoms with Gasteiger partial charge in [-0.3, -0.25) is 14.5 Å². The highest BCUT2D eigenvalue weighted by molar-refractivity contribution is 5.89. The topological polar surface area (TPSA) is 74.5 Å². The Balaban J connectivity index is 1.58. The van der Waals surface area contributed by atoms with Crippen LogP contribution in [0, 0.1) is 5.92 Å². The van der Waals surface area contributed by atoms with Crippen molar-refractivity contribution in [1.82, 2.24) is 24.6 Å². The maximum atomic E-state index is 13.3. The van der Waals surface area contributed by atoms with Crippen molar-refractivity contribution < 1.29 is 9.90 Å². The van der Waals surface area contributed by atoms with Crippen molar-refractivity contribution in [3.8, 4) is 22.4 Å². The van der Waals surface area contributed by atoms with E-state index in [4.69, 9.17) is 5.10 Å². The maximum absolute atomic E-state index is 13.3. The van der Waals surface area contributed by atoms with E-state index in [2.05, 4.69) is 9.67 Å². The van der Waals surface area contributed by atoms with Gasteiger partial charge in [-0.1, -0.05) is 24.3 Å². The first-order valence-corrected chi connectivity index (χ1v) is 11.9. The number of rotatable bonds is 7.